The summed E-state index contributed by atoms with van der Waals surface area (Å²) in [6.45, 7) is 4.95. The van der Waals surface area contributed by atoms with Crippen LogP contribution in [0.5, 0.6) is 11.5 Å². The van der Waals surface area contributed by atoms with Crippen LogP contribution in [0.3, 0.4) is 0 Å². The molecule has 0 unspecified atom stereocenters. The second-order valence-electron chi connectivity index (χ2n) is 6.09. The van der Waals surface area contributed by atoms with Gasteiger partial charge in [0.25, 0.3) is 0 Å². The first-order chi connectivity index (χ1) is 13.0. The standard InChI is InChI=1S/C21H21NO4S/c1-3-25-19-10-16(21-22-17(13-27-21)11-20(23)24)7-8-18(19)26-12-15-6-4-5-14(2)9-15/h4-10,13H,3,11-12H2,1-2H3,(H,23,24). The minimum atomic E-state index is -0.887. The summed E-state index contributed by atoms with van der Waals surface area (Å²) >= 11 is 1.42. The normalized spacial score (nSPS) is 10.6. The minimum Gasteiger partial charge on any atom is -0.490 e. The van der Waals surface area contributed by atoms with Crippen molar-refractivity contribution in [2.24, 2.45) is 0 Å². The van der Waals surface area contributed by atoms with Gasteiger partial charge in [-0.3, -0.25) is 4.79 Å². The molecular weight excluding hydrogens is 362 g/mol. The molecule has 5 nitrogen and oxygen atoms in total. The second-order valence-corrected chi connectivity index (χ2v) is 6.94. The molecule has 0 aliphatic carbocycles. The Bertz CT molecular complexity index is 935. The summed E-state index contributed by atoms with van der Waals surface area (Å²) in [4.78, 5) is 15.2. The molecule has 0 saturated heterocycles. The molecule has 140 valence electrons. The quantitative estimate of drug-likeness (QED) is 0.609. The van der Waals surface area contributed by atoms with E-state index in [1.807, 2.05) is 37.3 Å². The predicted octanol–water partition coefficient (Wildman–Crippen LogP) is 4.72. The highest BCUT2D eigenvalue weighted by Gasteiger charge is 2.12. The van der Waals surface area contributed by atoms with Crippen LogP contribution in [0.2, 0.25) is 0 Å². The van der Waals surface area contributed by atoms with Crippen LogP contribution >= 0.6 is 11.3 Å². The van der Waals surface area contributed by atoms with E-state index in [1.165, 1.54) is 16.9 Å². The molecule has 0 bridgehead atoms. The molecule has 6 heteroatoms. The fourth-order valence-corrected chi connectivity index (χ4v) is 3.48. The van der Waals surface area contributed by atoms with Crippen molar-refractivity contribution in [3.63, 3.8) is 0 Å². The molecule has 0 saturated carbocycles. The smallest absolute Gasteiger partial charge is 0.309 e. The third-order valence-electron chi connectivity index (χ3n) is 3.85. The van der Waals surface area contributed by atoms with Gasteiger partial charge < -0.3 is 14.6 Å². The van der Waals surface area contributed by atoms with E-state index >= 15 is 0 Å². The highest BCUT2D eigenvalue weighted by molar-refractivity contribution is 7.13. The summed E-state index contributed by atoms with van der Waals surface area (Å²) < 4.78 is 11.7. The number of hydrogen-bond donors (Lipinski definition) is 1. The maximum Gasteiger partial charge on any atom is 0.309 e. The van der Waals surface area contributed by atoms with Gasteiger partial charge in [0.1, 0.15) is 11.6 Å². The zero-order chi connectivity index (χ0) is 19.2. The van der Waals surface area contributed by atoms with Gasteiger partial charge in [0, 0.05) is 10.9 Å². The largest absolute Gasteiger partial charge is 0.490 e. The minimum absolute atomic E-state index is 0.0769. The number of thiazole rings is 1. The lowest BCUT2D eigenvalue weighted by Crippen LogP contribution is -2.01. The molecular formula is C21H21NO4S. The molecule has 27 heavy (non-hydrogen) atoms. The van der Waals surface area contributed by atoms with Gasteiger partial charge in [0.2, 0.25) is 0 Å². The molecule has 0 radical (unpaired) electrons. The van der Waals surface area contributed by atoms with Crippen molar-refractivity contribution in [1.29, 1.82) is 0 Å². The second kappa shape index (κ2) is 8.68. The molecule has 0 amide bonds. The van der Waals surface area contributed by atoms with E-state index in [0.29, 0.717) is 30.4 Å². The van der Waals surface area contributed by atoms with E-state index in [9.17, 15) is 4.79 Å². The number of nitrogens with zero attached hydrogens (tertiary/aromatic N) is 1. The third kappa shape index (κ3) is 5.08. The zero-order valence-electron chi connectivity index (χ0n) is 15.3. The average molecular weight is 383 g/mol. The highest BCUT2D eigenvalue weighted by Crippen LogP contribution is 2.34. The maximum absolute atomic E-state index is 10.8. The first kappa shape index (κ1) is 18.9. The van der Waals surface area contributed by atoms with Crippen molar-refractivity contribution in [2.45, 2.75) is 26.9 Å². The van der Waals surface area contributed by atoms with E-state index in [-0.39, 0.29) is 6.42 Å². The molecule has 0 aliphatic rings. The summed E-state index contributed by atoms with van der Waals surface area (Å²) in [5.41, 5.74) is 3.72. The zero-order valence-corrected chi connectivity index (χ0v) is 16.1. The van der Waals surface area contributed by atoms with Crippen LogP contribution in [-0.4, -0.2) is 22.7 Å². The number of ether oxygens (including phenoxy) is 2. The fourth-order valence-electron chi connectivity index (χ4n) is 2.67. The Morgan fingerprint density at radius 1 is 1.15 bits per heavy atom. The van der Waals surface area contributed by atoms with Crippen molar-refractivity contribution in [3.8, 4) is 22.1 Å². The molecule has 0 aliphatic heterocycles. The molecule has 0 fully saturated rings. The topological polar surface area (TPSA) is 68.7 Å². The van der Waals surface area contributed by atoms with Crippen LogP contribution in [0.1, 0.15) is 23.7 Å². The molecule has 3 aromatic rings. The van der Waals surface area contributed by atoms with Crippen LogP contribution < -0.4 is 9.47 Å². The Hall–Kier alpha value is -2.86. The number of aromatic nitrogens is 1. The van der Waals surface area contributed by atoms with Crippen LogP contribution in [0.25, 0.3) is 10.6 Å². The van der Waals surface area contributed by atoms with Crippen molar-refractivity contribution < 1.29 is 19.4 Å². The lowest BCUT2D eigenvalue weighted by molar-refractivity contribution is -0.136. The summed E-state index contributed by atoms with van der Waals surface area (Å²) in [6, 6.07) is 13.9. The first-order valence-electron chi connectivity index (χ1n) is 8.67. The van der Waals surface area contributed by atoms with Gasteiger partial charge in [-0.05, 0) is 37.6 Å². The van der Waals surface area contributed by atoms with Crippen molar-refractivity contribution in [1.82, 2.24) is 4.98 Å². The molecule has 2 aromatic carbocycles. The van der Waals surface area contributed by atoms with Crippen molar-refractivity contribution in [3.05, 3.63) is 64.7 Å². The van der Waals surface area contributed by atoms with E-state index in [0.717, 1.165) is 16.1 Å². The number of carboxylic acids is 1. The lowest BCUT2D eigenvalue weighted by Gasteiger charge is -2.13. The first-order valence-corrected chi connectivity index (χ1v) is 9.55. The predicted molar refractivity (Wildman–Crippen MR) is 106 cm³/mol. The van der Waals surface area contributed by atoms with Gasteiger partial charge in [-0.25, -0.2) is 4.98 Å². The Balaban J connectivity index is 1.79. The molecule has 0 atom stereocenters. The van der Waals surface area contributed by atoms with Crippen LogP contribution in [0.15, 0.2) is 47.8 Å². The van der Waals surface area contributed by atoms with Gasteiger partial charge in [0.05, 0.1) is 18.7 Å². The van der Waals surface area contributed by atoms with Gasteiger partial charge in [-0.15, -0.1) is 11.3 Å². The summed E-state index contributed by atoms with van der Waals surface area (Å²) in [5.74, 6) is 0.434. The van der Waals surface area contributed by atoms with Crippen molar-refractivity contribution >= 4 is 17.3 Å². The van der Waals surface area contributed by atoms with Crippen molar-refractivity contribution in [2.75, 3.05) is 6.61 Å². The summed E-state index contributed by atoms with van der Waals surface area (Å²) in [6.07, 6.45) is -0.0769. The Morgan fingerprint density at radius 3 is 2.74 bits per heavy atom. The number of benzene rings is 2. The molecule has 0 spiro atoms. The van der Waals surface area contributed by atoms with Gasteiger partial charge >= 0.3 is 5.97 Å². The van der Waals surface area contributed by atoms with Gasteiger partial charge in [-0.2, -0.15) is 0 Å². The van der Waals surface area contributed by atoms with E-state index in [2.05, 4.69) is 24.0 Å². The number of hydrogen-bond acceptors (Lipinski definition) is 5. The van der Waals surface area contributed by atoms with E-state index in [1.54, 1.807) is 5.38 Å². The van der Waals surface area contributed by atoms with Gasteiger partial charge in [-0.1, -0.05) is 29.8 Å². The SMILES string of the molecule is CCOc1cc(-c2nc(CC(=O)O)cs2)ccc1OCc1cccc(C)c1. The molecule has 1 heterocycles. The van der Waals surface area contributed by atoms with Crippen LogP contribution in [0.4, 0.5) is 0 Å². The van der Waals surface area contributed by atoms with Crippen LogP contribution in [0, 0.1) is 6.92 Å². The summed E-state index contributed by atoms with van der Waals surface area (Å²) in [5, 5.41) is 11.4. The highest BCUT2D eigenvalue weighted by atomic mass is 32.1. The number of aliphatic carboxylic acids is 1. The maximum atomic E-state index is 10.8. The molecule has 1 N–H and O–H groups in total. The van der Waals surface area contributed by atoms with Gasteiger partial charge in [0.15, 0.2) is 11.5 Å². The summed E-state index contributed by atoms with van der Waals surface area (Å²) in [7, 11) is 0. The Morgan fingerprint density at radius 2 is 2.00 bits per heavy atom. The Labute approximate surface area is 162 Å². The molecule has 3 rings (SSSR count). The number of carbonyl (C=O) groups is 1. The lowest BCUT2D eigenvalue weighted by atomic mass is 10.1. The number of rotatable bonds is 8. The third-order valence-corrected chi connectivity index (χ3v) is 4.79. The number of aryl methyl sites for hydroxylation is 1. The monoisotopic (exact) mass is 383 g/mol. The van der Waals surface area contributed by atoms with Crippen LogP contribution in [-0.2, 0) is 17.8 Å². The Kier molecular flexibility index (Phi) is 6.08. The fraction of sp³-hybridized carbons (Fsp3) is 0.238. The van der Waals surface area contributed by atoms with E-state index in [4.69, 9.17) is 14.6 Å². The number of carboxylic acid groups (broad SMARTS) is 1. The van der Waals surface area contributed by atoms with E-state index < -0.39 is 5.97 Å². The molecule has 1 aromatic heterocycles. The average Bonchev–Trinajstić information content (AvgIpc) is 3.08.